The highest BCUT2D eigenvalue weighted by Crippen LogP contribution is 2.24. The van der Waals surface area contributed by atoms with Crippen molar-refractivity contribution < 1.29 is 14.7 Å². The molecular weight excluding hydrogens is 348 g/mol. The van der Waals surface area contributed by atoms with Crippen LogP contribution in [-0.4, -0.2) is 16.9 Å². The highest BCUT2D eigenvalue weighted by molar-refractivity contribution is 9.10. The number of anilines is 1. The Kier molecular flexibility index (Phi) is 3.68. The van der Waals surface area contributed by atoms with Gasteiger partial charge >= 0.3 is 0 Å². The summed E-state index contributed by atoms with van der Waals surface area (Å²) in [6.45, 7) is 0. The lowest BCUT2D eigenvalue weighted by Gasteiger charge is -2.14. The van der Waals surface area contributed by atoms with Crippen LogP contribution in [0, 0.1) is 0 Å². The van der Waals surface area contributed by atoms with Gasteiger partial charge in [-0.3, -0.25) is 15.0 Å². The van der Waals surface area contributed by atoms with Crippen molar-refractivity contribution in [2.45, 2.75) is 0 Å². The summed E-state index contributed by atoms with van der Waals surface area (Å²) < 4.78 is 0.808. The Labute approximate surface area is 135 Å². The minimum atomic E-state index is -0.460. The molecule has 0 unspecified atom stereocenters. The van der Waals surface area contributed by atoms with E-state index in [2.05, 4.69) is 21.4 Å². The van der Waals surface area contributed by atoms with E-state index in [1.165, 1.54) is 23.2 Å². The third kappa shape index (κ3) is 2.73. The fourth-order valence-electron chi connectivity index (χ4n) is 2.09. The van der Waals surface area contributed by atoms with Crippen LogP contribution in [-0.2, 0) is 9.59 Å². The average molecular weight is 359 g/mol. The number of carbonyl (C=O) groups excluding carboxylic acids is 2. The van der Waals surface area contributed by atoms with Gasteiger partial charge in [0.15, 0.2) is 0 Å². The van der Waals surface area contributed by atoms with Crippen molar-refractivity contribution in [1.82, 2.24) is 5.43 Å². The molecule has 0 spiro atoms. The molecule has 22 heavy (non-hydrogen) atoms. The first kappa shape index (κ1) is 14.3. The molecule has 3 rings (SSSR count). The van der Waals surface area contributed by atoms with Crippen molar-refractivity contribution in [2.75, 3.05) is 5.01 Å². The zero-order valence-electron chi connectivity index (χ0n) is 11.3. The molecule has 1 aliphatic rings. The number of hydrazine groups is 1. The first-order chi connectivity index (χ1) is 10.5. The number of hydrogen-bond acceptors (Lipinski definition) is 3. The van der Waals surface area contributed by atoms with Crippen LogP contribution in [0.1, 0.15) is 5.56 Å². The number of phenols is 1. The molecule has 5 nitrogen and oxygen atoms in total. The van der Waals surface area contributed by atoms with Crippen LogP contribution in [0.3, 0.4) is 0 Å². The average Bonchev–Trinajstić information content (AvgIpc) is 2.77. The van der Waals surface area contributed by atoms with E-state index < -0.39 is 11.8 Å². The Morgan fingerprint density at radius 2 is 1.82 bits per heavy atom. The first-order valence-corrected chi connectivity index (χ1v) is 7.25. The van der Waals surface area contributed by atoms with Gasteiger partial charge in [-0.15, -0.1) is 0 Å². The molecule has 1 saturated heterocycles. The minimum absolute atomic E-state index is 0.0469. The highest BCUT2D eigenvalue weighted by Gasteiger charge is 2.34. The molecule has 2 N–H and O–H groups in total. The lowest BCUT2D eigenvalue weighted by atomic mass is 10.1. The van der Waals surface area contributed by atoms with E-state index in [4.69, 9.17) is 0 Å². The first-order valence-electron chi connectivity index (χ1n) is 6.46. The minimum Gasteiger partial charge on any atom is -0.508 e. The van der Waals surface area contributed by atoms with Crippen molar-refractivity contribution in [3.63, 3.8) is 0 Å². The largest absolute Gasteiger partial charge is 0.508 e. The summed E-state index contributed by atoms with van der Waals surface area (Å²) in [5, 5.41) is 10.5. The summed E-state index contributed by atoms with van der Waals surface area (Å²) in [5.74, 6) is -0.755. The Balaban J connectivity index is 1.93. The number of benzene rings is 2. The second-order valence-corrected chi connectivity index (χ2v) is 5.63. The Hall–Kier alpha value is -2.60. The maximum atomic E-state index is 12.4. The van der Waals surface area contributed by atoms with Gasteiger partial charge in [-0.1, -0.05) is 34.1 Å². The predicted molar refractivity (Wildman–Crippen MR) is 85.9 cm³/mol. The van der Waals surface area contributed by atoms with Gasteiger partial charge in [0.05, 0.1) is 5.69 Å². The fourth-order valence-corrected chi connectivity index (χ4v) is 2.48. The summed E-state index contributed by atoms with van der Waals surface area (Å²) >= 11 is 3.33. The molecule has 2 amide bonds. The Morgan fingerprint density at radius 3 is 2.50 bits per heavy atom. The second kappa shape index (κ2) is 5.65. The monoisotopic (exact) mass is 358 g/mol. The normalized spacial score (nSPS) is 16.2. The molecule has 0 bridgehead atoms. The number of phenolic OH excluding ortho intramolecular Hbond substituents is 1. The van der Waals surface area contributed by atoms with Gasteiger partial charge in [0, 0.05) is 4.47 Å². The van der Waals surface area contributed by atoms with Crippen molar-refractivity contribution >= 4 is 39.5 Å². The van der Waals surface area contributed by atoms with Gasteiger partial charge in [-0.25, -0.2) is 5.01 Å². The number of rotatable bonds is 2. The lowest BCUT2D eigenvalue weighted by molar-refractivity contribution is -0.117. The van der Waals surface area contributed by atoms with E-state index in [1.54, 1.807) is 30.3 Å². The highest BCUT2D eigenvalue weighted by atomic mass is 79.9. The number of aromatic hydroxyl groups is 1. The number of carbonyl (C=O) groups is 2. The summed E-state index contributed by atoms with van der Waals surface area (Å²) in [5.41, 5.74) is 3.81. The summed E-state index contributed by atoms with van der Waals surface area (Å²) in [7, 11) is 0. The molecule has 6 heteroatoms. The smallest absolute Gasteiger partial charge is 0.282 e. The van der Waals surface area contributed by atoms with E-state index in [-0.39, 0.29) is 11.3 Å². The third-order valence-corrected chi connectivity index (χ3v) is 3.66. The van der Waals surface area contributed by atoms with Gasteiger partial charge in [0.2, 0.25) is 0 Å². The van der Waals surface area contributed by atoms with E-state index >= 15 is 0 Å². The number of hydrogen-bond donors (Lipinski definition) is 2. The number of amides is 2. The quantitative estimate of drug-likeness (QED) is 0.640. The Morgan fingerprint density at radius 1 is 1.09 bits per heavy atom. The molecule has 1 aliphatic heterocycles. The van der Waals surface area contributed by atoms with Gasteiger partial charge in [-0.2, -0.15) is 0 Å². The molecule has 0 aliphatic carbocycles. The molecule has 1 heterocycles. The van der Waals surface area contributed by atoms with Crippen LogP contribution in [0.5, 0.6) is 5.75 Å². The molecule has 0 aromatic heterocycles. The van der Waals surface area contributed by atoms with Crippen molar-refractivity contribution in [3.8, 4) is 5.75 Å². The van der Waals surface area contributed by atoms with Crippen LogP contribution in [0.4, 0.5) is 5.69 Å². The molecule has 110 valence electrons. The standard InChI is InChI=1S/C16H11BrN2O3/c17-11-2-1-3-12(9-11)19-16(22)14(15(21)18-19)8-10-4-6-13(20)7-5-10/h1-9,20H,(H,18,21)/b14-8+. The summed E-state index contributed by atoms with van der Waals surface area (Å²) in [6, 6.07) is 13.3. The van der Waals surface area contributed by atoms with Crippen LogP contribution >= 0.6 is 15.9 Å². The predicted octanol–water partition coefficient (Wildman–Crippen LogP) is 2.62. The molecular formula is C16H11BrN2O3. The van der Waals surface area contributed by atoms with Gasteiger partial charge in [0.25, 0.3) is 11.8 Å². The lowest BCUT2D eigenvalue weighted by Crippen LogP contribution is -2.35. The van der Waals surface area contributed by atoms with E-state index in [0.29, 0.717) is 11.3 Å². The molecule has 0 saturated carbocycles. The zero-order valence-corrected chi connectivity index (χ0v) is 12.9. The van der Waals surface area contributed by atoms with Crippen molar-refractivity contribution in [2.24, 2.45) is 0 Å². The van der Waals surface area contributed by atoms with Crippen LogP contribution in [0.25, 0.3) is 6.08 Å². The van der Waals surface area contributed by atoms with Crippen LogP contribution < -0.4 is 10.4 Å². The fraction of sp³-hybridized carbons (Fsp3) is 0. The Bertz CT molecular complexity index is 784. The van der Waals surface area contributed by atoms with Crippen LogP contribution in [0.2, 0.25) is 0 Å². The second-order valence-electron chi connectivity index (χ2n) is 4.71. The van der Waals surface area contributed by atoms with E-state index in [9.17, 15) is 14.7 Å². The van der Waals surface area contributed by atoms with Crippen molar-refractivity contribution in [3.05, 3.63) is 64.1 Å². The SMILES string of the molecule is O=C1NN(c2cccc(Br)c2)C(=O)/C1=C/c1ccc(O)cc1. The van der Waals surface area contributed by atoms with E-state index in [1.807, 2.05) is 6.07 Å². The molecule has 0 atom stereocenters. The topological polar surface area (TPSA) is 69.6 Å². The molecule has 0 radical (unpaired) electrons. The summed E-state index contributed by atoms with van der Waals surface area (Å²) in [6.07, 6.45) is 1.50. The maximum absolute atomic E-state index is 12.4. The number of nitrogens with zero attached hydrogens (tertiary/aromatic N) is 1. The summed E-state index contributed by atoms with van der Waals surface area (Å²) in [4.78, 5) is 24.4. The van der Waals surface area contributed by atoms with Crippen LogP contribution in [0.15, 0.2) is 58.6 Å². The zero-order chi connectivity index (χ0) is 15.7. The number of halogens is 1. The number of nitrogens with one attached hydrogen (secondary N) is 1. The van der Waals surface area contributed by atoms with Gasteiger partial charge in [0.1, 0.15) is 11.3 Å². The van der Waals surface area contributed by atoms with Gasteiger partial charge < -0.3 is 5.11 Å². The molecule has 1 fully saturated rings. The molecule has 2 aromatic carbocycles. The molecule has 2 aromatic rings. The van der Waals surface area contributed by atoms with Gasteiger partial charge in [-0.05, 0) is 42.0 Å². The van der Waals surface area contributed by atoms with Crippen molar-refractivity contribution in [1.29, 1.82) is 0 Å². The third-order valence-electron chi connectivity index (χ3n) is 3.16. The maximum Gasteiger partial charge on any atom is 0.282 e. The van der Waals surface area contributed by atoms with E-state index in [0.717, 1.165) is 4.47 Å².